The highest BCUT2D eigenvalue weighted by Crippen LogP contribution is 2.20. The maximum absolute atomic E-state index is 10.8. The van der Waals surface area contributed by atoms with Crippen LogP contribution in [0.15, 0.2) is 18.2 Å². The Balaban J connectivity index is 2.79. The summed E-state index contributed by atoms with van der Waals surface area (Å²) in [4.78, 5) is 10.4. The van der Waals surface area contributed by atoms with Crippen LogP contribution in [0.4, 0.5) is 5.69 Å². The third-order valence-electron chi connectivity index (χ3n) is 2.95. The molecule has 0 saturated heterocycles. The van der Waals surface area contributed by atoms with Crippen molar-refractivity contribution in [3.63, 3.8) is 0 Å². The molecule has 0 aliphatic rings. The Morgan fingerprint density at radius 2 is 2.12 bits per heavy atom. The van der Waals surface area contributed by atoms with Gasteiger partial charge in [-0.3, -0.25) is 10.1 Å². The lowest BCUT2D eigenvalue weighted by atomic mass is 10.1. The molecule has 1 rings (SSSR count). The lowest BCUT2D eigenvalue weighted by Gasteiger charge is -2.17. The average molecular weight is 238 g/mol. The molecule has 0 amide bonds. The molecule has 0 saturated carbocycles. The van der Waals surface area contributed by atoms with E-state index in [0.29, 0.717) is 12.1 Å². The van der Waals surface area contributed by atoms with Gasteiger partial charge >= 0.3 is 0 Å². The van der Waals surface area contributed by atoms with E-state index in [9.17, 15) is 15.2 Å². The number of nitrogens with zero attached hydrogens (tertiary/aromatic N) is 1. The first-order chi connectivity index (χ1) is 7.93. The molecule has 0 bridgehead atoms. The fourth-order valence-corrected chi connectivity index (χ4v) is 1.50. The van der Waals surface area contributed by atoms with E-state index in [4.69, 9.17) is 0 Å². The van der Waals surface area contributed by atoms with Crippen molar-refractivity contribution in [1.82, 2.24) is 5.32 Å². The van der Waals surface area contributed by atoms with Gasteiger partial charge in [-0.1, -0.05) is 12.1 Å². The summed E-state index contributed by atoms with van der Waals surface area (Å²) in [6, 6.07) is 4.98. The molecule has 5 nitrogen and oxygen atoms in total. The van der Waals surface area contributed by atoms with E-state index in [-0.39, 0.29) is 16.7 Å². The molecule has 2 unspecified atom stereocenters. The molecule has 2 atom stereocenters. The fourth-order valence-electron chi connectivity index (χ4n) is 1.50. The largest absolute Gasteiger partial charge is 0.392 e. The molecule has 0 spiro atoms. The SMILES string of the molecule is Cc1c(CNC(C)C(C)O)cccc1[N+](=O)[O-]. The molecular formula is C12H18N2O3. The van der Waals surface area contributed by atoms with Gasteiger partial charge in [-0.05, 0) is 26.3 Å². The Kier molecular flexibility index (Phi) is 4.60. The van der Waals surface area contributed by atoms with Crippen molar-refractivity contribution < 1.29 is 10.0 Å². The molecule has 17 heavy (non-hydrogen) atoms. The van der Waals surface area contributed by atoms with Crippen LogP contribution in [0.5, 0.6) is 0 Å². The molecule has 0 aliphatic carbocycles. The molecule has 0 aliphatic heterocycles. The number of benzene rings is 1. The Morgan fingerprint density at radius 1 is 1.47 bits per heavy atom. The van der Waals surface area contributed by atoms with Gasteiger partial charge in [-0.25, -0.2) is 0 Å². The molecule has 1 aromatic rings. The van der Waals surface area contributed by atoms with E-state index < -0.39 is 6.10 Å². The van der Waals surface area contributed by atoms with Crippen LogP contribution in [-0.2, 0) is 6.54 Å². The molecular weight excluding hydrogens is 220 g/mol. The summed E-state index contributed by atoms with van der Waals surface area (Å²) in [6.45, 7) is 5.83. The lowest BCUT2D eigenvalue weighted by molar-refractivity contribution is -0.385. The zero-order valence-corrected chi connectivity index (χ0v) is 10.3. The van der Waals surface area contributed by atoms with E-state index >= 15 is 0 Å². The van der Waals surface area contributed by atoms with Crippen molar-refractivity contribution in [3.05, 3.63) is 39.4 Å². The first kappa shape index (κ1) is 13.6. The Labute approximate surface area is 101 Å². The first-order valence-corrected chi connectivity index (χ1v) is 5.57. The molecule has 0 heterocycles. The number of aliphatic hydroxyl groups is 1. The minimum absolute atomic E-state index is 0.0475. The molecule has 1 aromatic carbocycles. The zero-order valence-electron chi connectivity index (χ0n) is 10.3. The maximum Gasteiger partial charge on any atom is 0.272 e. The summed E-state index contributed by atoms with van der Waals surface area (Å²) in [5.41, 5.74) is 1.68. The van der Waals surface area contributed by atoms with Crippen LogP contribution in [0.25, 0.3) is 0 Å². The summed E-state index contributed by atoms with van der Waals surface area (Å²) in [5, 5.41) is 23.2. The van der Waals surface area contributed by atoms with Crippen LogP contribution in [0.3, 0.4) is 0 Å². The van der Waals surface area contributed by atoms with Gasteiger partial charge in [-0.2, -0.15) is 0 Å². The highest BCUT2D eigenvalue weighted by molar-refractivity contribution is 5.44. The number of nitrogens with one attached hydrogen (secondary N) is 1. The maximum atomic E-state index is 10.8. The van der Waals surface area contributed by atoms with Crippen molar-refractivity contribution in [1.29, 1.82) is 0 Å². The van der Waals surface area contributed by atoms with Gasteiger partial charge in [0.1, 0.15) is 0 Å². The number of nitro benzene ring substituents is 1. The van der Waals surface area contributed by atoms with Gasteiger partial charge in [0, 0.05) is 24.2 Å². The van der Waals surface area contributed by atoms with E-state index in [1.165, 1.54) is 6.07 Å². The number of aliphatic hydroxyl groups excluding tert-OH is 1. The number of hydrogen-bond acceptors (Lipinski definition) is 4. The molecule has 0 aromatic heterocycles. The van der Waals surface area contributed by atoms with Gasteiger partial charge < -0.3 is 10.4 Å². The molecule has 5 heteroatoms. The third kappa shape index (κ3) is 3.51. The second-order valence-corrected chi connectivity index (χ2v) is 4.23. The first-order valence-electron chi connectivity index (χ1n) is 5.57. The summed E-state index contributed by atoms with van der Waals surface area (Å²) in [7, 11) is 0. The lowest BCUT2D eigenvalue weighted by Crippen LogP contribution is -2.35. The molecule has 94 valence electrons. The van der Waals surface area contributed by atoms with Gasteiger partial charge in [0.2, 0.25) is 0 Å². The standard InChI is InChI=1S/C12H18N2O3/c1-8-11(7-13-9(2)10(3)15)5-4-6-12(8)14(16)17/h4-6,9-10,13,15H,7H2,1-3H3. The molecule has 0 fully saturated rings. The van der Waals surface area contributed by atoms with Crippen LogP contribution in [0, 0.1) is 17.0 Å². The normalized spacial score (nSPS) is 14.4. The number of hydrogen-bond donors (Lipinski definition) is 2. The van der Waals surface area contributed by atoms with Crippen LogP contribution in [0.2, 0.25) is 0 Å². The Bertz CT molecular complexity index is 405. The monoisotopic (exact) mass is 238 g/mol. The summed E-state index contributed by atoms with van der Waals surface area (Å²) >= 11 is 0. The predicted octanol–water partition coefficient (Wildman–Crippen LogP) is 1.76. The average Bonchev–Trinajstić information content (AvgIpc) is 2.26. The highest BCUT2D eigenvalue weighted by atomic mass is 16.6. The van der Waals surface area contributed by atoms with E-state index in [1.807, 2.05) is 13.0 Å². The quantitative estimate of drug-likeness (QED) is 0.605. The van der Waals surface area contributed by atoms with E-state index in [2.05, 4.69) is 5.32 Å². The van der Waals surface area contributed by atoms with Crippen molar-refractivity contribution in [2.75, 3.05) is 0 Å². The summed E-state index contributed by atoms with van der Waals surface area (Å²) < 4.78 is 0. The molecule has 0 radical (unpaired) electrons. The van der Waals surface area contributed by atoms with Crippen molar-refractivity contribution in [3.8, 4) is 0 Å². The third-order valence-corrected chi connectivity index (χ3v) is 2.95. The van der Waals surface area contributed by atoms with Gasteiger partial charge in [0.05, 0.1) is 11.0 Å². The number of rotatable bonds is 5. The van der Waals surface area contributed by atoms with Gasteiger partial charge in [-0.15, -0.1) is 0 Å². The van der Waals surface area contributed by atoms with Gasteiger partial charge in [0.15, 0.2) is 0 Å². The topological polar surface area (TPSA) is 75.4 Å². The van der Waals surface area contributed by atoms with Crippen LogP contribution < -0.4 is 5.32 Å². The van der Waals surface area contributed by atoms with Crippen molar-refractivity contribution in [2.24, 2.45) is 0 Å². The highest BCUT2D eigenvalue weighted by Gasteiger charge is 2.14. The van der Waals surface area contributed by atoms with E-state index in [1.54, 1.807) is 19.9 Å². The van der Waals surface area contributed by atoms with Crippen LogP contribution in [-0.4, -0.2) is 22.2 Å². The van der Waals surface area contributed by atoms with Crippen molar-refractivity contribution in [2.45, 2.75) is 39.5 Å². The smallest absolute Gasteiger partial charge is 0.272 e. The minimum Gasteiger partial charge on any atom is -0.392 e. The minimum atomic E-state index is -0.450. The second-order valence-electron chi connectivity index (χ2n) is 4.23. The second kappa shape index (κ2) is 5.75. The summed E-state index contributed by atoms with van der Waals surface area (Å²) in [6.07, 6.45) is -0.450. The predicted molar refractivity (Wildman–Crippen MR) is 65.8 cm³/mol. The fraction of sp³-hybridized carbons (Fsp3) is 0.500. The molecule has 2 N–H and O–H groups in total. The van der Waals surface area contributed by atoms with Crippen LogP contribution in [0.1, 0.15) is 25.0 Å². The number of nitro groups is 1. The Morgan fingerprint density at radius 3 is 2.65 bits per heavy atom. The Hall–Kier alpha value is -1.46. The zero-order chi connectivity index (χ0) is 13.0. The van der Waals surface area contributed by atoms with Crippen molar-refractivity contribution >= 4 is 5.69 Å². The summed E-state index contributed by atoms with van der Waals surface area (Å²) in [5.74, 6) is 0. The van der Waals surface area contributed by atoms with Gasteiger partial charge in [0.25, 0.3) is 5.69 Å². The van der Waals surface area contributed by atoms with E-state index in [0.717, 1.165) is 5.56 Å². The van der Waals surface area contributed by atoms with Crippen LogP contribution >= 0.6 is 0 Å².